The predicted molar refractivity (Wildman–Crippen MR) is 124 cm³/mol. The highest BCUT2D eigenvalue weighted by molar-refractivity contribution is 5.93. The summed E-state index contributed by atoms with van der Waals surface area (Å²) in [6, 6.07) is 22.0. The number of hydrogen-bond acceptors (Lipinski definition) is 3. The van der Waals surface area contributed by atoms with Crippen LogP contribution in [0.15, 0.2) is 66.7 Å². The van der Waals surface area contributed by atoms with Crippen molar-refractivity contribution in [1.82, 2.24) is 0 Å². The van der Waals surface area contributed by atoms with Crippen molar-refractivity contribution in [2.75, 3.05) is 11.9 Å². The lowest BCUT2D eigenvalue weighted by Gasteiger charge is -2.28. The fourth-order valence-corrected chi connectivity index (χ4v) is 4.34. The van der Waals surface area contributed by atoms with Crippen LogP contribution >= 0.6 is 0 Å². The third-order valence-corrected chi connectivity index (χ3v) is 5.87. The first kappa shape index (κ1) is 21.1. The Hall–Kier alpha value is -3.11. The van der Waals surface area contributed by atoms with Gasteiger partial charge in [-0.3, -0.25) is 4.79 Å². The van der Waals surface area contributed by atoms with E-state index in [9.17, 15) is 9.90 Å². The van der Waals surface area contributed by atoms with E-state index in [0.29, 0.717) is 12.8 Å². The molecule has 0 radical (unpaired) electrons. The Morgan fingerprint density at radius 1 is 0.968 bits per heavy atom. The summed E-state index contributed by atoms with van der Waals surface area (Å²) in [6.07, 6.45) is 1.74. The van der Waals surface area contributed by atoms with Crippen LogP contribution in [0.1, 0.15) is 60.8 Å². The highest BCUT2D eigenvalue weighted by Crippen LogP contribution is 2.45. The van der Waals surface area contributed by atoms with Gasteiger partial charge in [-0.25, -0.2) is 0 Å². The van der Waals surface area contributed by atoms with Crippen LogP contribution in [0.25, 0.3) is 0 Å². The van der Waals surface area contributed by atoms with Crippen molar-refractivity contribution in [1.29, 1.82) is 0 Å². The number of anilines is 1. The SMILES string of the molecule is CC(C)c1cccc(CCCO)c1NC(=O)CC1c2ccccc2Oc2ccccc21. The van der Waals surface area contributed by atoms with Crippen molar-refractivity contribution in [3.8, 4) is 11.5 Å². The number of aliphatic hydroxyl groups is 1. The maximum Gasteiger partial charge on any atom is 0.225 e. The number of benzene rings is 3. The fourth-order valence-electron chi connectivity index (χ4n) is 4.34. The number of nitrogens with one attached hydrogen (secondary N) is 1. The van der Waals surface area contributed by atoms with Gasteiger partial charge < -0.3 is 15.2 Å². The molecule has 3 aromatic rings. The number of amides is 1. The standard InChI is InChI=1S/C27H29NO3/c1-18(2)20-13-7-9-19(10-8-16-29)27(20)28-26(30)17-23-21-11-3-5-14-24(21)31-25-15-6-4-12-22(23)25/h3-7,9,11-15,18,23,29H,8,10,16-17H2,1-2H3,(H,28,30). The Morgan fingerprint density at radius 3 is 2.23 bits per heavy atom. The topological polar surface area (TPSA) is 58.6 Å². The number of aryl methyl sites for hydroxylation is 1. The molecular weight excluding hydrogens is 386 g/mol. The smallest absolute Gasteiger partial charge is 0.225 e. The van der Waals surface area contributed by atoms with Gasteiger partial charge in [-0.1, -0.05) is 68.4 Å². The Morgan fingerprint density at radius 2 is 1.61 bits per heavy atom. The summed E-state index contributed by atoms with van der Waals surface area (Å²) >= 11 is 0. The summed E-state index contributed by atoms with van der Waals surface area (Å²) in [5.41, 5.74) is 5.16. The van der Waals surface area contributed by atoms with E-state index >= 15 is 0 Å². The van der Waals surface area contributed by atoms with Gasteiger partial charge >= 0.3 is 0 Å². The normalized spacial score (nSPS) is 12.8. The van der Waals surface area contributed by atoms with Gasteiger partial charge in [0.1, 0.15) is 11.5 Å². The van der Waals surface area contributed by atoms with Crippen LogP contribution in [0.4, 0.5) is 5.69 Å². The second kappa shape index (κ2) is 9.36. The molecule has 0 atom stereocenters. The fraction of sp³-hybridized carbons (Fsp3) is 0.296. The molecule has 1 aliphatic heterocycles. The number of hydrogen-bond donors (Lipinski definition) is 2. The largest absolute Gasteiger partial charge is 0.457 e. The molecule has 0 bridgehead atoms. The summed E-state index contributed by atoms with van der Waals surface area (Å²) in [4.78, 5) is 13.3. The molecule has 0 fully saturated rings. The average Bonchev–Trinajstić information content (AvgIpc) is 2.78. The molecule has 4 rings (SSSR count). The van der Waals surface area contributed by atoms with E-state index in [1.165, 1.54) is 0 Å². The van der Waals surface area contributed by atoms with Gasteiger partial charge in [0.2, 0.25) is 5.91 Å². The number of ether oxygens (including phenoxy) is 1. The molecule has 0 spiro atoms. The minimum Gasteiger partial charge on any atom is -0.457 e. The van der Waals surface area contributed by atoms with E-state index in [1.807, 2.05) is 60.7 Å². The lowest BCUT2D eigenvalue weighted by molar-refractivity contribution is -0.116. The van der Waals surface area contributed by atoms with Crippen LogP contribution in [0.5, 0.6) is 11.5 Å². The first-order chi connectivity index (χ1) is 15.1. The van der Waals surface area contributed by atoms with Crippen LogP contribution in [-0.4, -0.2) is 17.6 Å². The molecule has 4 nitrogen and oxygen atoms in total. The number of rotatable bonds is 7. The van der Waals surface area contributed by atoms with E-state index in [4.69, 9.17) is 4.74 Å². The van der Waals surface area contributed by atoms with Crippen molar-refractivity contribution >= 4 is 11.6 Å². The summed E-state index contributed by atoms with van der Waals surface area (Å²) < 4.78 is 6.07. The van der Waals surface area contributed by atoms with E-state index < -0.39 is 0 Å². The molecule has 160 valence electrons. The number of para-hydroxylation sites is 3. The van der Waals surface area contributed by atoms with E-state index in [-0.39, 0.29) is 24.3 Å². The quantitative estimate of drug-likeness (QED) is 0.497. The highest BCUT2D eigenvalue weighted by atomic mass is 16.5. The van der Waals surface area contributed by atoms with Crippen molar-refractivity contribution in [3.05, 3.63) is 89.0 Å². The van der Waals surface area contributed by atoms with Crippen LogP contribution in [0.3, 0.4) is 0 Å². The lowest BCUT2D eigenvalue weighted by Crippen LogP contribution is -2.20. The van der Waals surface area contributed by atoms with Crippen molar-refractivity contribution < 1.29 is 14.6 Å². The zero-order chi connectivity index (χ0) is 21.8. The molecule has 0 unspecified atom stereocenters. The Bertz CT molecular complexity index is 1030. The summed E-state index contributed by atoms with van der Waals surface area (Å²) in [6.45, 7) is 4.40. The summed E-state index contributed by atoms with van der Waals surface area (Å²) in [5.74, 6) is 1.83. The number of carbonyl (C=O) groups excluding carboxylic acids is 1. The van der Waals surface area contributed by atoms with E-state index in [2.05, 4.69) is 25.2 Å². The molecule has 3 aromatic carbocycles. The average molecular weight is 416 g/mol. The molecule has 0 aliphatic carbocycles. The minimum absolute atomic E-state index is 0.0187. The van der Waals surface area contributed by atoms with Crippen LogP contribution in [0.2, 0.25) is 0 Å². The number of fused-ring (bicyclic) bond motifs is 2. The first-order valence-electron chi connectivity index (χ1n) is 11.0. The Labute approximate surface area is 183 Å². The first-order valence-corrected chi connectivity index (χ1v) is 11.0. The van der Waals surface area contributed by atoms with Gasteiger partial charge in [-0.05, 0) is 42.0 Å². The zero-order valence-electron chi connectivity index (χ0n) is 18.1. The van der Waals surface area contributed by atoms with Gasteiger partial charge in [-0.15, -0.1) is 0 Å². The number of aliphatic hydroxyl groups excluding tert-OH is 1. The molecule has 0 saturated heterocycles. The second-order valence-electron chi connectivity index (χ2n) is 8.35. The Kier molecular flexibility index (Phi) is 6.38. The van der Waals surface area contributed by atoms with E-state index in [0.717, 1.165) is 45.9 Å². The third-order valence-electron chi connectivity index (χ3n) is 5.87. The maximum absolute atomic E-state index is 13.3. The van der Waals surface area contributed by atoms with Crippen molar-refractivity contribution in [3.63, 3.8) is 0 Å². The molecule has 1 amide bonds. The summed E-state index contributed by atoms with van der Waals surface area (Å²) in [5, 5.41) is 12.5. The predicted octanol–water partition coefficient (Wildman–Crippen LogP) is 6.00. The third kappa shape index (κ3) is 4.49. The van der Waals surface area contributed by atoms with Crippen LogP contribution < -0.4 is 10.1 Å². The molecular formula is C27H29NO3. The van der Waals surface area contributed by atoms with Crippen molar-refractivity contribution in [2.45, 2.75) is 44.9 Å². The molecule has 1 aliphatic rings. The molecule has 0 saturated carbocycles. The van der Waals surface area contributed by atoms with Gasteiger partial charge in [-0.2, -0.15) is 0 Å². The molecule has 4 heteroatoms. The van der Waals surface area contributed by atoms with E-state index in [1.54, 1.807) is 0 Å². The van der Waals surface area contributed by atoms with Gasteiger partial charge in [0, 0.05) is 35.8 Å². The Balaban J connectivity index is 1.63. The van der Waals surface area contributed by atoms with Crippen LogP contribution in [0, 0.1) is 0 Å². The summed E-state index contributed by atoms with van der Waals surface area (Å²) in [7, 11) is 0. The van der Waals surface area contributed by atoms with Gasteiger partial charge in [0.15, 0.2) is 0 Å². The molecule has 0 aromatic heterocycles. The van der Waals surface area contributed by atoms with Gasteiger partial charge in [0.25, 0.3) is 0 Å². The maximum atomic E-state index is 13.3. The zero-order valence-corrected chi connectivity index (χ0v) is 18.1. The second-order valence-corrected chi connectivity index (χ2v) is 8.35. The molecule has 1 heterocycles. The minimum atomic E-state index is -0.0618. The highest BCUT2D eigenvalue weighted by Gasteiger charge is 2.29. The number of carbonyl (C=O) groups is 1. The van der Waals surface area contributed by atoms with Crippen LogP contribution in [-0.2, 0) is 11.2 Å². The van der Waals surface area contributed by atoms with Crippen molar-refractivity contribution in [2.24, 2.45) is 0 Å². The molecule has 2 N–H and O–H groups in total. The molecule has 31 heavy (non-hydrogen) atoms. The van der Waals surface area contributed by atoms with Gasteiger partial charge in [0.05, 0.1) is 0 Å². The monoisotopic (exact) mass is 415 g/mol. The lowest BCUT2D eigenvalue weighted by atomic mass is 9.85.